The first-order valence-corrected chi connectivity index (χ1v) is 21.8. The van der Waals surface area contributed by atoms with Crippen LogP contribution in [0.15, 0.2) is 243 Å². The Hall–Kier alpha value is -8.20. The molecule has 1 spiro atoms. The minimum Gasteiger partial charge on any atom is -0.310 e. The number of hydrogen-bond donors (Lipinski definition) is 0. The number of rotatable bonds is 6. The summed E-state index contributed by atoms with van der Waals surface area (Å²) in [4.78, 5) is 2.52. The molecule has 0 atom stereocenters. The first-order valence-electron chi connectivity index (χ1n) is 21.8. The third-order valence-corrected chi connectivity index (χ3v) is 13.6. The highest BCUT2D eigenvalue weighted by Crippen LogP contribution is 2.63. The van der Waals surface area contributed by atoms with Gasteiger partial charge in [-0.3, -0.25) is 0 Å². The molecule has 0 bridgehead atoms. The maximum atomic E-state index is 2.52. The predicted octanol–water partition coefficient (Wildman–Crippen LogP) is 15.9. The van der Waals surface area contributed by atoms with E-state index in [1.807, 2.05) is 0 Å². The van der Waals surface area contributed by atoms with E-state index in [0.29, 0.717) is 0 Å². The van der Waals surface area contributed by atoms with Gasteiger partial charge in [0.2, 0.25) is 0 Å². The maximum Gasteiger partial charge on any atom is 0.0726 e. The summed E-state index contributed by atoms with van der Waals surface area (Å²) < 4.78 is 2.44. The van der Waals surface area contributed by atoms with Crippen LogP contribution < -0.4 is 4.90 Å². The lowest BCUT2D eigenvalue weighted by atomic mass is 9.70. The molecule has 13 rings (SSSR count). The van der Waals surface area contributed by atoms with Crippen LogP contribution in [0.2, 0.25) is 0 Å². The summed E-state index contributed by atoms with van der Waals surface area (Å²) in [5.74, 6) is 0. The molecule has 0 fully saturated rings. The van der Waals surface area contributed by atoms with E-state index in [0.717, 1.165) is 33.8 Å². The second-order valence-electron chi connectivity index (χ2n) is 16.8. The summed E-state index contributed by atoms with van der Waals surface area (Å²) in [6.07, 6.45) is 0. The molecule has 1 heterocycles. The molecule has 11 aromatic rings. The Kier molecular flexibility index (Phi) is 7.85. The minimum absolute atomic E-state index is 0.470. The normalized spacial score (nSPS) is 12.9. The van der Waals surface area contributed by atoms with Gasteiger partial charge in [0.05, 0.1) is 22.1 Å². The number of aromatic nitrogens is 1. The van der Waals surface area contributed by atoms with Crippen LogP contribution in [0, 0.1) is 0 Å². The fraction of sp³-hybridized carbons (Fsp3) is 0.0164. The van der Waals surface area contributed by atoms with Crippen molar-refractivity contribution in [1.82, 2.24) is 4.57 Å². The SMILES string of the molecule is c1ccc(-c2ccc(N(c3ccc4c(c3)C3(c5ccccc5-c5ccccc53)c3ccccc3-4)c3cc(-c4ccccc4)cc4c3c3ccccc3n4-c3ccccc3)cc2)cc1. The van der Waals surface area contributed by atoms with Gasteiger partial charge in [0.15, 0.2) is 0 Å². The van der Waals surface area contributed by atoms with Gasteiger partial charge >= 0.3 is 0 Å². The Morgan fingerprint density at radius 1 is 0.317 bits per heavy atom. The zero-order valence-electron chi connectivity index (χ0n) is 34.5. The highest BCUT2D eigenvalue weighted by molar-refractivity contribution is 6.18. The van der Waals surface area contributed by atoms with E-state index in [1.165, 1.54) is 77.5 Å². The Bertz CT molecular complexity index is 3480. The molecule has 2 heteroatoms. The number of fused-ring (bicyclic) bond motifs is 13. The predicted molar refractivity (Wildman–Crippen MR) is 263 cm³/mol. The van der Waals surface area contributed by atoms with Crippen molar-refractivity contribution in [3.63, 3.8) is 0 Å². The van der Waals surface area contributed by atoms with E-state index in [9.17, 15) is 0 Å². The summed E-state index contributed by atoms with van der Waals surface area (Å²) in [5.41, 5.74) is 21.6. The van der Waals surface area contributed by atoms with Crippen molar-refractivity contribution in [2.24, 2.45) is 0 Å². The summed E-state index contributed by atoms with van der Waals surface area (Å²) in [5, 5.41) is 2.41. The molecular formula is C61H40N2. The van der Waals surface area contributed by atoms with Gasteiger partial charge in [0, 0.05) is 27.8 Å². The molecule has 2 nitrogen and oxygen atoms in total. The maximum absolute atomic E-state index is 2.52. The molecular weight excluding hydrogens is 761 g/mol. The second-order valence-corrected chi connectivity index (χ2v) is 16.8. The number of benzene rings is 10. The molecule has 0 N–H and O–H groups in total. The Morgan fingerprint density at radius 3 is 1.41 bits per heavy atom. The fourth-order valence-corrected chi connectivity index (χ4v) is 11.0. The molecule has 1 aromatic heterocycles. The molecule has 2 aliphatic rings. The van der Waals surface area contributed by atoms with Crippen LogP contribution in [-0.2, 0) is 5.41 Å². The highest BCUT2D eigenvalue weighted by atomic mass is 15.1. The van der Waals surface area contributed by atoms with E-state index in [-0.39, 0.29) is 0 Å². The molecule has 0 saturated heterocycles. The average Bonchev–Trinajstić information content (AvgIpc) is 3.97. The quantitative estimate of drug-likeness (QED) is 0.163. The van der Waals surface area contributed by atoms with Gasteiger partial charge < -0.3 is 9.47 Å². The van der Waals surface area contributed by atoms with Crippen molar-refractivity contribution in [3.8, 4) is 50.2 Å². The summed E-state index contributed by atoms with van der Waals surface area (Å²) in [6, 6.07) is 89.6. The molecule has 63 heavy (non-hydrogen) atoms. The van der Waals surface area contributed by atoms with Crippen molar-refractivity contribution in [2.75, 3.05) is 4.90 Å². The van der Waals surface area contributed by atoms with Gasteiger partial charge in [0.1, 0.15) is 0 Å². The van der Waals surface area contributed by atoms with Gasteiger partial charge in [-0.05, 0) is 121 Å². The largest absolute Gasteiger partial charge is 0.310 e. The summed E-state index contributed by atoms with van der Waals surface area (Å²) in [7, 11) is 0. The van der Waals surface area contributed by atoms with Crippen LogP contribution in [0.5, 0.6) is 0 Å². The number of nitrogens with zero attached hydrogens (tertiary/aromatic N) is 2. The lowest BCUT2D eigenvalue weighted by Crippen LogP contribution is -2.26. The van der Waals surface area contributed by atoms with Crippen molar-refractivity contribution < 1.29 is 0 Å². The number of para-hydroxylation sites is 2. The van der Waals surface area contributed by atoms with Crippen LogP contribution in [0.3, 0.4) is 0 Å². The summed E-state index contributed by atoms with van der Waals surface area (Å²) >= 11 is 0. The topological polar surface area (TPSA) is 8.17 Å². The lowest BCUT2D eigenvalue weighted by Gasteiger charge is -2.32. The fourth-order valence-electron chi connectivity index (χ4n) is 11.0. The second kappa shape index (κ2) is 13.9. The Balaban J connectivity index is 1.14. The summed E-state index contributed by atoms with van der Waals surface area (Å²) in [6.45, 7) is 0. The molecule has 0 saturated carbocycles. The van der Waals surface area contributed by atoms with Crippen LogP contribution in [-0.4, -0.2) is 4.57 Å². The smallest absolute Gasteiger partial charge is 0.0726 e. The van der Waals surface area contributed by atoms with Gasteiger partial charge in [-0.1, -0.05) is 188 Å². The van der Waals surface area contributed by atoms with Crippen molar-refractivity contribution in [2.45, 2.75) is 5.41 Å². The molecule has 2 aliphatic carbocycles. The highest BCUT2D eigenvalue weighted by Gasteiger charge is 2.51. The van der Waals surface area contributed by atoms with Gasteiger partial charge in [-0.2, -0.15) is 0 Å². The monoisotopic (exact) mass is 800 g/mol. The third kappa shape index (κ3) is 5.19. The molecule has 0 amide bonds. The van der Waals surface area contributed by atoms with Crippen molar-refractivity contribution in [3.05, 3.63) is 265 Å². The van der Waals surface area contributed by atoms with Crippen LogP contribution in [0.1, 0.15) is 22.3 Å². The molecule has 294 valence electrons. The van der Waals surface area contributed by atoms with Crippen molar-refractivity contribution in [1.29, 1.82) is 0 Å². The van der Waals surface area contributed by atoms with E-state index >= 15 is 0 Å². The van der Waals surface area contributed by atoms with Crippen LogP contribution >= 0.6 is 0 Å². The van der Waals surface area contributed by atoms with E-state index in [2.05, 4.69) is 252 Å². The van der Waals surface area contributed by atoms with E-state index in [4.69, 9.17) is 0 Å². The molecule has 0 aliphatic heterocycles. The van der Waals surface area contributed by atoms with Crippen molar-refractivity contribution >= 4 is 38.9 Å². The number of hydrogen-bond acceptors (Lipinski definition) is 1. The average molecular weight is 801 g/mol. The number of anilines is 3. The standard InChI is InChI=1S/C61H40N2/c1-4-18-41(19-5-1)43-32-34-46(35-33-43)62(58-38-44(42-20-6-2-7-21-42)39-59-60(58)52-27-13-17-31-57(52)63(59)45-22-8-3-9-23-45)47-36-37-51-50-26-12-16-30-55(50)61(56(51)40-47)53-28-14-10-24-48(53)49-25-11-15-29-54(49)61/h1-40H. The van der Waals surface area contributed by atoms with Crippen LogP contribution in [0.4, 0.5) is 17.1 Å². The van der Waals surface area contributed by atoms with Crippen LogP contribution in [0.25, 0.3) is 72.0 Å². The zero-order valence-corrected chi connectivity index (χ0v) is 34.5. The molecule has 0 radical (unpaired) electrons. The Morgan fingerprint density at radius 2 is 0.794 bits per heavy atom. The first-order chi connectivity index (χ1) is 31.3. The van der Waals surface area contributed by atoms with Gasteiger partial charge in [-0.15, -0.1) is 0 Å². The van der Waals surface area contributed by atoms with Gasteiger partial charge in [0.25, 0.3) is 0 Å². The van der Waals surface area contributed by atoms with Gasteiger partial charge in [-0.25, -0.2) is 0 Å². The van der Waals surface area contributed by atoms with E-state index in [1.54, 1.807) is 0 Å². The first kappa shape index (κ1) is 35.5. The van der Waals surface area contributed by atoms with E-state index < -0.39 is 5.41 Å². The minimum atomic E-state index is -0.470. The third-order valence-electron chi connectivity index (χ3n) is 13.6. The molecule has 0 unspecified atom stereocenters. The zero-order chi connectivity index (χ0) is 41.5. The molecule has 10 aromatic carbocycles. The Labute approximate surface area is 367 Å². The lowest BCUT2D eigenvalue weighted by molar-refractivity contribution is 0.793.